The molecule has 0 fully saturated rings. The number of aromatic carboxylic acids is 1. The molecule has 1 amide bonds. The lowest BCUT2D eigenvalue weighted by Gasteiger charge is -2.19. The third kappa shape index (κ3) is 3.85. The van der Waals surface area contributed by atoms with E-state index in [-0.39, 0.29) is 17.4 Å². The van der Waals surface area contributed by atoms with E-state index in [9.17, 15) is 9.59 Å². The van der Waals surface area contributed by atoms with Gasteiger partial charge < -0.3 is 10.4 Å². The predicted molar refractivity (Wildman–Crippen MR) is 87.5 cm³/mol. The quantitative estimate of drug-likeness (QED) is 0.741. The fourth-order valence-electron chi connectivity index (χ4n) is 2.00. The Morgan fingerprint density at radius 2 is 2.05 bits per heavy atom. The highest BCUT2D eigenvalue weighted by Gasteiger charge is 2.23. The molecule has 2 N–H and O–H groups in total. The van der Waals surface area contributed by atoms with Crippen LogP contribution >= 0.6 is 12.6 Å². The van der Waals surface area contributed by atoms with Crippen LogP contribution in [0.25, 0.3) is 0 Å². The number of nitrogens with one attached hydrogen (secondary N) is 1. The summed E-state index contributed by atoms with van der Waals surface area (Å²) in [6.07, 6.45) is 3.37. The maximum atomic E-state index is 12.3. The molecule has 1 heterocycles. The minimum atomic E-state index is -1.04. The number of carbonyl (C=O) groups is 2. The Kier molecular flexibility index (Phi) is 5.16. The van der Waals surface area contributed by atoms with Crippen molar-refractivity contribution in [2.75, 3.05) is 5.32 Å². The van der Waals surface area contributed by atoms with Gasteiger partial charge in [0.15, 0.2) is 0 Å². The SMILES string of the molecule is CC(c1cccnc1)C(S)C(=O)Nc1cccc(C(=O)O)c1. The first kappa shape index (κ1) is 16.0. The Morgan fingerprint density at radius 3 is 2.68 bits per heavy atom. The van der Waals surface area contributed by atoms with Crippen LogP contribution in [0.5, 0.6) is 0 Å². The summed E-state index contributed by atoms with van der Waals surface area (Å²) < 4.78 is 0. The molecule has 6 heteroatoms. The predicted octanol–water partition coefficient (Wildman–Crippen LogP) is 2.82. The zero-order valence-electron chi connectivity index (χ0n) is 11.9. The molecule has 1 aromatic heterocycles. The summed E-state index contributed by atoms with van der Waals surface area (Å²) in [6.45, 7) is 1.89. The van der Waals surface area contributed by atoms with Gasteiger partial charge in [0.1, 0.15) is 0 Å². The largest absolute Gasteiger partial charge is 0.478 e. The molecule has 0 aliphatic rings. The van der Waals surface area contributed by atoms with Gasteiger partial charge in [-0.15, -0.1) is 0 Å². The number of pyridine rings is 1. The average molecular weight is 316 g/mol. The van der Waals surface area contributed by atoms with Crippen molar-refractivity contribution >= 4 is 30.2 Å². The normalized spacial score (nSPS) is 13.2. The van der Waals surface area contributed by atoms with Crippen LogP contribution in [0.15, 0.2) is 48.8 Å². The number of carboxylic acids is 1. The summed E-state index contributed by atoms with van der Waals surface area (Å²) in [6, 6.07) is 9.79. The monoisotopic (exact) mass is 316 g/mol. The first-order valence-electron chi connectivity index (χ1n) is 6.71. The van der Waals surface area contributed by atoms with E-state index in [1.54, 1.807) is 30.6 Å². The van der Waals surface area contributed by atoms with Gasteiger partial charge in [0, 0.05) is 24.0 Å². The zero-order valence-corrected chi connectivity index (χ0v) is 12.8. The highest BCUT2D eigenvalue weighted by molar-refractivity contribution is 7.81. The molecule has 0 aliphatic heterocycles. The molecular formula is C16H16N2O3S. The molecule has 2 aromatic rings. The van der Waals surface area contributed by atoms with Crippen LogP contribution in [0.2, 0.25) is 0 Å². The number of carbonyl (C=O) groups excluding carboxylic acids is 1. The summed E-state index contributed by atoms with van der Waals surface area (Å²) in [4.78, 5) is 27.2. The lowest BCUT2D eigenvalue weighted by atomic mass is 9.98. The number of thiol groups is 1. The molecule has 0 saturated carbocycles. The van der Waals surface area contributed by atoms with Gasteiger partial charge in [0.05, 0.1) is 10.8 Å². The summed E-state index contributed by atoms with van der Waals surface area (Å²) >= 11 is 4.37. The Bertz CT molecular complexity index is 676. The van der Waals surface area contributed by atoms with Crippen LogP contribution in [-0.2, 0) is 4.79 Å². The molecule has 0 aliphatic carbocycles. The summed E-state index contributed by atoms with van der Waals surface area (Å²) in [5, 5.41) is 11.1. The van der Waals surface area contributed by atoms with Gasteiger partial charge in [-0.25, -0.2) is 4.79 Å². The third-order valence-electron chi connectivity index (χ3n) is 3.33. The minimum absolute atomic E-state index is 0.119. The van der Waals surface area contributed by atoms with Gasteiger partial charge in [-0.1, -0.05) is 19.1 Å². The van der Waals surface area contributed by atoms with E-state index in [4.69, 9.17) is 5.11 Å². The van der Waals surface area contributed by atoms with Gasteiger partial charge in [0.25, 0.3) is 0 Å². The van der Waals surface area contributed by atoms with Crippen molar-refractivity contribution in [2.45, 2.75) is 18.1 Å². The van der Waals surface area contributed by atoms with E-state index in [2.05, 4.69) is 22.9 Å². The number of nitrogens with zero attached hydrogens (tertiary/aromatic N) is 1. The summed E-state index contributed by atoms with van der Waals surface area (Å²) in [7, 11) is 0. The Balaban J connectivity index is 2.08. The molecule has 22 heavy (non-hydrogen) atoms. The average Bonchev–Trinajstić information content (AvgIpc) is 2.54. The first-order valence-corrected chi connectivity index (χ1v) is 7.23. The van der Waals surface area contributed by atoms with Gasteiger partial charge in [0.2, 0.25) is 5.91 Å². The molecular weight excluding hydrogens is 300 g/mol. The van der Waals surface area contributed by atoms with Crippen molar-refractivity contribution in [2.24, 2.45) is 0 Å². The molecule has 0 bridgehead atoms. The van der Waals surface area contributed by atoms with Gasteiger partial charge in [-0.05, 0) is 29.8 Å². The number of benzene rings is 1. The molecule has 2 atom stereocenters. The van der Waals surface area contributed by atoms with Crippen molar-refractivity contribution in [3.8, 4) is 0 Å². The van der Waals surface area contributed by atoms with Crippen LogP contribution < -0.4 is 5.32 Å². The molecule has 0 radical (unpaired) electrons. The zero-order chi connectivity index (χ0) is 16.1. The second kappa shape index (κ2) is 7.09. The van der Waals surface area contributed by atoms with Crippen molar-refractivity contribution in [1.29, 1.82) is 0 Å². The van der Waals surface area contributed by atoms with E-state index in [1.165, 1.54) is 12.1 Å². The number of rotatable bonds is 5. The van der Waals surface area contributed by atoms with Crippen LogP contribution in [0.4, 0.5) is 5.69 Å². The lowest BCUT2D eigenvalue weighted by Crippen LogP contribution is -2.28. The fourth-order valence-corrected chi connectivity index (χ4v) is 2.24. The molecule has 0 spiro atoms. The second-order valence-electron chi connectivity index (χ2n) is 4.90. The van der Waals surface area contributed by atoms with Crippen molar-refractivity contribution in [1.82, 2.24) is 4.98 Å². The highest BCUT2D eigenvalue weighted by atomic mass is 32.1. The lowest BCUT2D eigenvalue weighted by molar-refractivity contribution is -0.116. The van der Waals surface area contributed by atoms with Crippen LogP contribution in [0.3, 0.4) is 0 Å². The fraction of sp³-hybridized carbons (Fsp3) is 0.188. The maximum absolute atomic E-state index is 12.3. The van der Waals surface area contributed by atoms with Crippen molar-refractivity contribution in [3.63, 3.8) is 0 Å². The van der Waals surface area contributed by atoms with Crippen LogP contribution in [-0.4, -0.2) is 27.2 Å². The Labute approximate surface area is 133 Å². The van der Waals surface area contributed by atoms with Gasteiger partial charge in [-0.2, -0.15) is 12.6 Å². The standard InChI is InChI=1S/C16H16N2O3S/c1-10(12-5-3-7-17-9-12)14(22)15(19)18-13-6-2-4-11(8-13)16(20)21/h2-10,14,22H,1H3,(H,18,19)(H,20,21). The number of anilines is 1. The van der Waals surface area contributed by atoms with Gasteiger partial charge in [-0.3, -0.25) is 9.78 Å². The van der Waals surface area contributed by atoms with Gasteiger partial charge >= 0.3 is 5.97 Å². The van der Waals surface area contributed by atoms with Crippen LogP contribution in [0, 0.1) is 0 Å². The summed E-state index contributed by atoms with van der Waals surface area (Å²) in [5.74, 6) is -1.45. The third-order valence-corrected chi connectivity index (χ3v) is 4.01. The molecule has 114 valence electrons. The smallest absolute Gasteiger partial charge is 0.335 e. The number of aromatic nitrogens is 1. The van der Waals surface area contributed by atoms with E-state index >= 15 is 0 Å². The molecule has 2 rings (SSSR count). The van der Waals surface area contributed by atoms with Crippen molar-refractivity contribution in [3.05, 3.63) is 59.9 Å². The molecule has 1 aromatic carbocycles. The minimum Gasteiger partial charge on any atom is -0.478 e. The molecule has 5 nitrogen and oxygen atoms in total. The second-order valence-corrected chi connectivity index (χ2v) is 5.45. The summed E-state index contributed by atoms with van der Waals surface area (Å²) in [5.41, 5.74) is 1.47. The first-order chi connectivity index (χ1) is 10.5. The van der Waals surface area contributed by atoms with E-state index in [0.29, 0.717) is 5.69 Å². The van der Waals surface area contributed by atoms with Crippen LogP contribution in [0.1, 0.15) is 28.8 Å². The van der Waals surface area contributed by atoms with E-state index in [0.717, 1.165) is 5.56 Å². The Morgan fingerprint density at radius 1 is 1.27 bits per heavy atom. The maximum Gasteiger partial charge on any atom is 0.335 e. The topological polar surface area (TPSA) is 79.3 Å². The van der Waals surface area contributed by atoms with E-state index in [1.807, 2.05) is 13.0 Å². The number of hydrogen-bond acceptors (Lipinski definition) is 4. The number of carboxylic acid groups (broad SMARTS) is 1. The Hall–Kier alpha value is -2.34. The van der Waals surface area contributed by atoms with E-state index < -0.39 is 11.2 Å². The van der Waals surface area contributed by atoms with Crippen molar-refractivity contribution < 1.29 is 14.7 Å². The number of hydrogen-bond donors (Lipinski definition) is 3. The number of amides is 1. The highest BCUT2D eigenvalue weighted by Crippen LogP contribution is 2.23. The molecule has 2 unspecified atom stereocenters. The molecule has 0 saturated heterocycles.